The second kappa shape index (κ2) is 3.03. The first-order valence-corrected chi connectivity index (χ1v) is 3.96. The van der Waals surface area contributed by atoms with E-state index in [2.05, 4.69) is 0 Å². The number of rotatable bonds is 2. The van der Waals surface area contributed by atoms with Crippen molar-refractivity contribution in [1.82, 2.24) is 4.90 Å². The van der Waals surface area contributed by atoms with E-state index in [0.717, 1.165) is 13.0 Å². The fraction of sp³-hybridized carbons (Fsp3) is 0.750. The normalized spacial score (nSPS) is 22.7. The van der Waals surface area contributed by atoms with Gasteiger partial charge in [-0.3, -0.25) is 9.59 Å². The fourth-order valence-corrected chi connectivity index (χ4v) is 1.33. The molecule has 62 valence electrons. The molecule has 0 saturated carbocycles. The lowest BCUT2D eigenvalue weighted by molar-refractivity contribution is -0.144. The minimum atomic E-state index is -0.0995. The third-order valence-corrected chi connectivity index (χ3v) is 2.14. The molecule has 3 nitrogen and oxygen atoms in total. The van der Waals surface area contributed by atoms with Crippen molar-refractivity contribution < 1.29 is 9.59 Å². The standard InChI is InChI=1S/C8H13NO2/c1-3-8(11)7-4-5-9(7)6(2)10/h7H,3-5H2,1-2H3. The zero-order valence-electron chi connectivity index (χ0n) is 6.96. The molecule has 3 heteroatoms. The summed E-state index contributed by atoms with van der Waals surface area (Å²) in [4.78, 5) is 23.6. The van der Waals surface area contributed by atoms with Crippen LogP contribution in [0.15, 0.2) is 0 Å². The number of ketones is 1. The first-order chi connectivity index (χ1) is 5.16. The number of amides is 1. The van der Waals surface area contributed by atoms with Gasteiger partial charge in [0, 0.05) is 19.9 Å². The Morgan fingerprint density at radius 3 is 2.45 bits per heavy atom. The van der Waals surface area contributed by atoms with E-state index in [9.17, 15) is 9.59 Å². The van der Waals surface area contributed by atoms with Gasteiger partial charge in [-0.1, -0.05) is 6.92 Å². The maximum absolute atomic E-state index is 11.1. The first kappa shape index (κ1) is 8.24. The van der Waals surface area contributed by atoms with E-state index in [1.54, 1.807) is 4.90 Å². The van der Waals surface area contributed by atoms with Crippen LogP contribution < -0.4 is 0 Å². The van der Waals surface area contributed by atoms with Crippen molar-refractivity contribution in [3.63, 3.8) is 0 Å². The molecule has 1 aliphatic heterocycles. The molecule has 0 radical (unpaired) electrons. The number of likely N-dealkylation sites (tertiary alicyclic amines) is 1. The van der Waals surface area contributed by atoms with Crippen molar-refractivity contribution in [3.8, 4) is 0 Å². The van der Waals surface area contributed by atoms with Gasteiger partial charge < -0.3 is 4.90 Å². The molecule has 11 heavy (non-hydrogen) atoms. The Balaban J connectivity index is 2.49. The van der Waals surface area contributed by atoms with Crippen LogP contribution in [0.5, 0.6) is 0 Å². The summed E-state index contributed by atoms with van der Waals surface area (Å²) < 4.78 is 0. The van der Waals surface area contributed by atoms with Crippen LogP contribution in [0.25, 0.3) is 0 Å². The van der Waals surface area contributed by atoms with E-state index in [1.165, 1.54) is 6.92 Å². The van der Waals surface area contributed by atoms with Crippen LogP contribution in [0.1, 0.15) is 26.7 Å². The van der Waals surface area contributed by atoms with Gasteiger partial charge in [-0.15, -0.1) is 0 Å². The molecule has 1 unspecified atom stereocenters. The van der Waals surface area contributed by atoms with Crippen LogP contribution in [-0.2, 0) is 9.59 Å². The third kappa shape index (κ3) is 1.42. The molecule has 1 amide bonds. The van der Waals surface area contributed by atoms with E-state index < -0.39 is 0 Å². The molecule has 1 atom stereocenters. The minimum Gasteiger partial charge on any atom is -0.333 e. The van der Waals surface area contributed by atoms with Crippen LogP contribution >= 0.6 is 0 Å². The molecule has 0 aromatic carbocycles. The molecule has 0 aromatic heterocycles. The van der Waals surface area contributed by atoms with Crippen LogP contribution in [0.3, 0.4) is 0 Å². The lowest BCUT2D eigenvalue weighted by Crippen LogP contribution is -2.54. The molecular formula is C8H13NO2. The zero-order valence-corrected chi connectivity index (χ0v) is 6.96. The van der Waals surface area contributed by atoms with Gasteiger partial charge in [-0.05, 0) is 6.42 Å². The molecule has 1 rings (SSSR count). The summed E-state index contributed by atoms with van der Waals surface area (Å²) >= 11 is 0. The van der Waals surface area contributed by atoms with E-state index in [-0.39, 0.29) is 17.7 Å². The fourth-order valence-electron chi connectivity index (χ4n) is 1.33. The Morgan fingerprint density at radius 1 is 1.55 bits per heavy atom. The lowest BCUT2D eigenvalue weighted by atomic mass is 9.97. The highest BCUT2D eigenvalue weighted by Gasteiger charge is 2.34. The molecule has 1 saturated heterocycles. The van der Waals surface area contributed by atoms with Crippen molar-refractivity contribution in [2.45, 2.75) is 32.7 Å². The number of hydrogen-bond acceptors (Lipinski definition) is 2. The minimum absolute atomic E-state index is 0.0167. The summed E-state index contributed by atoms with van der Waals surface area (Å²) in [6.07, 6.45) is 1.39. The zero-order chi connectivity index (χ0) is 8.43. The first-order valence-electron chi connectivity index (χ1n) is 3.96. The average Bonchev–Trinajstić information content (AvgIpc) is 1.83. The molecule has 1 heterocycles. The molecule has 0 spiro atoms. The van der Waals surface area contributed by atoms with Crippen molar-refractivity contribution in [2.24, 2.45) is 0 Å². The van der Waals surface area contributed by atoms with Gasteiger partial charge in [-0.25, -0.2) is 0 Å². The number of Topliss-reactive ketones (excluding diaryl/α,β-unsaturated/α-hetero) is 1. The van der Waals surface area contributed by atoms with E-state index in [0.29, 0.717) is 6.42 Å². The Morgan fingerprint density at radius 2 is 2.18 bits per heavy atom. The average molecular weight is 155 g/mol. The SMILES string of the molecule is CCC(=O)C1CCN1C(C)=O. The third-order valence-electron chi connectivity index (χ3n) is 2.14. The quantitative estimate of drug-likeness (QED) is 0.585. The van der Waals surface area contributed by atoms with Crippen LogP contribution in [0, 0.1) is 0 Å². The maximum atomic E-state index is 11.1. The Kier molecular flexibility index (Phi) is 2.27. The summed E-state index contributed by atoms with van der Waals surface area (Å²) in [5, 5.41) is 0. The van der Waals surface area contributed by atoms with Gasteiger partial charge >= 0.3 is 0 Å². The molecule has 0 N–H and O–H groups in total. The number of carbonyl (C=O) groups is 2. The predicted octanol–water partition coefficient (Wildman–Crippen LogP) is 0.586. The highest BCUT2D eigenvalue weighted by molar-refractivity contribution is 5.89. The smallest absolute Gasteiger partial charge is 0.220 e. The van der Waals surface area contributed by atoms with E-state index in [4.69, 9.17) is 0 Å². The largest absolute Gasteiger partial charge is 0.333 e. The number of hydrogen-bond donors (Lipinski definition) is 0. The second-order valence-corrected chi connectivity index (χ2v) is 2.84. The maximum Gasteiger partial charge on any atom is 0.220 e. The summed E-state index contributed by atoms with van der Waals surface area (Å²) in [5.74, 6) is 0.203. The number of nitrogens with zero attached hydrogens (tertiary/aromatic N) is 1. The molecular weight excluding hydrogens is 142 g/mol. The van der Waals surface area contributed by atoms with Crippen LogP contribution in [0.2, 0.25) is 0 Å². The summed E-state index contributed by atoms with van der Waals surface area (Å²) in [6, 6.07) is -0.0995. The molecule has 1 fully saturated rings. The van der Waals surface area contributed by atoms with Crippen molar-refractivity contribution in [3.05, 3.63) is 0 Å². The van der Waals surface area contributed by atoms with Crippen LogP contribution in [-0.4, -0.2) is 29.2 Å². The van der Waals surface area contributed by atoms with Gasteiger partial charge in [-0.2, -0.15) is 0 Å². The Hall–Kier alpha value is -0.860. The van der Waals surface area contributed by atoms with Crippen molar-refractivity contribution >= 4 is 11.7 Å². The van der Waals surface area contributed by atoms with Crippen molar-refractivity contribution in [2.75, 3.05) is 6.54 Å². The van der Waals surface area contributed by atoms with Gasteiger partial charge in [0.05, 0.1) is 6.04 Å². The number of carbonyl (C=O) groups excluding carboxylic acids is 2. The second-order valence-electron chi connectivity index (χ2n) is 2.84. The van der Waals surface area contributed by atoms with E-state index in [1.807, 2.05) is 6.92 Å². The summed E-state index contributed by atoms with van der Waals surface area (Å²) in [7, 11) is 0. The predicted molar refractivity (Wildman–Crippen MR) is 41.1 cm³/mol. The lowest BCUT2D eigenvalue weighted by Gasteiger charge is -2.39. The molecule has 0 aliphatic carbocycles. The van der Waals surface area contributed by atoms with Gasteiger partial charge in [0.25, 0.3) is 0 Å². The Bertz CT molecular complexity index is 189. The monoisotopic (exact) mass is 155 g/mol. The van der Waals surface area contributed by atoms with E-state index >= 15 is 0 Å². The topological polar surface area (TPSA) is 37.4 Å². The molecule has 0 bridgehead atoms. The van der Waals surface area contributed by atoms with Gasteiger partial charge in [0.1, 0.15) is 0 Å². The van der Waals surface area contributed by atoms with Gasteiger partial charge in [0.2, 0.25) is 5.91 Å². The molecule has 1 aliphatic rings. The van der Waals surface area contributed by atoms with Gasteiger partial charge in [0.15, 0.2) is 5.78 Å². The summed E-state index contributed by atoms with van der Waals surface area (Å²) in [6.45, 7) is 4.10. The van der Waals surface area contributed by atoms with Crippen LogP contribution in [0.4, 0.5) is 0 Å². The highest BCUT2D eigenvalue weighted by atomic mass is 16.2. The Labute approximate surface area is 66.4 Å². The van der Waals surface area contributed by atoms with Crippen molar-refractivity contribution in [1.29, 1.82) is 0 Å². The summed E-state index contributed by atoms with van der Waals surface area (Å²) in [5.41, 5.74) is 0. The highest BCUT2D eigenvalue weighted by Crippen LogP contribution is 2.18. The molecule has 0 aromatic rings.